The topological polar surface area (TPSA) is 33.2 Å². The first-order chi connectivity index (χ1) is 8.65. The van der Waals surface area contributed by atoms with Crippen LogP contribution in [0.25, 0.3) is 0 Å². The highest BCUT2D eigenvalue weighted by molar-refractivity contribution is 7.18. The molecule has 94 valence electrons. The standard InChI is InChI=1S/C13H13ClN2OS/c1-16(8-10-4-2-3-7-15-10)9-11(17)12-5-6-13(14)18-12/h2-7H,8-9H2,1H3. The van der Waals surface area contributed by atoms with Crippen LogP contribution in [0.5, 0.6) is 0 Å². The van der Waals surface area contributed by atoms with Gasteiger partial charge in [0.1, 0.15) is 0 Å². The molecule has 0 aromatic carbocycles. The molecule has 0 atom stereocenters. The molecule has 2 heterocycles. The number of pyridine rings is 1. The quantitative estimate of drug-likeness (QED) is 0.789. The molecule has 0 aliphatic carbocycles. The fourth-order valence-electron chi connectivity index (χ4n) is 1.61. The van der Waals surface area contributed by atoms with E-state index >= 15 is 0 Å². The average Bonchev–Trinajstić information content (AvgIpc) is 2.77. The van der Waals surface area contributed by atoms with E-state index in [9.17, 15) is 4.79 Å². The second-order valence-corrected chi connectivity index (χ2v) is 5.74. The first-order valence-electron chi connectivity index (χ1n) is 5.52. The molecular formula is C13H13ClN2OS. The van der Waals surface area contributed by atoms with Gasteiger partial charge in [-0.2, -0.15) is 0 Å². The van der Waals surface area contributed by atoms with Crippen LogP contribution in [0.2, 0.25) is 4.34 Å². The largest absolute Gasteiger partial charge is 0.293 e. The van der Waals surface area contributed by atoms with E-state index in [2.05, 4.69) is 4.98 Å². The lowest BCUT2D eigenvalue weighted by atomic mass is 10.3. The molecule has 2 rings (SSSR count). The molecule has 0 saturated heterocycles. The van der Waals surface area contributed by atoms with E-state index in [0.29, 0.717) is 22.3 Å². The minimum Gasteiger partial charge on any atom is -0.293 e. The number of carbonyl (C=O) groups excluding carboxylic acids is 1. The lowest BCUT2D eigenvalue weighted by Crippen LogP contribution is -2.25. The van der Waals surface area contributed by atoms with Crippen molar-refractivity contribution in [2.24, 2.45) is 0 Å². The summed E-state index contributed by atoms with van der Waals surface area (Å²) in [5.41, 5.74) is 0.956. The van der Waals surface area contributed by atoms with Gasteiger partial charge in [-0.15, -0.1) is 11.3 Å². The van der Waals surface area contributed by atoms with Gasteiger partial charge in [-0.05, 0) is 31.3 Å². The summed E-state index contributed by atoms with van der Waals surface area (Å²) in [5.74, 6) is 0.0883. The zero-order valence-electron chi connectivity index (χ0n) is 9.97. The van der Waals surface area contributed by atoms with Crippen LogP contribution < -0.4 is 0 Å². The number of thiophene rings is 1. The summed E-state index contributed by atoms with van der Waals surface area (Å²) in [6.45, 7) is 1.03. The van der Waals surface area contributed by atoms with Gasteiger partial charge in [-0.1, -0.05) is 17.7 Å². The Labute approximate surface area is 115 Å². The summed E-state index contributed by atoms with van der Waals surface area (Å²) in [4.78, 5) is 18.8. The molecule has 0 amide bonds. The number of hydrogen-bond acceptors (Lipinski definition) is 4. The fraction of sp³-hybridized carbons (Fsp3) is 0.231. The molecule has 0 aliphatic rings. The van der Waals surface area contributed by atoms with Crippen LogP contribution in [0.3, 0.4) is 0 Å². The Morgan fingerprint density at radius 3 is 2.83 bits per heavy atom. The molecule has 5 heteroatoms. The highest BCUT2D eigenvalue weighted by Gasteiger charge is 2.12. The molecule has 0 radical (unpaired) electrons. The molecule has 0 saturated carbocycles. The predicted molar refractivity (Wildman–Crippen MR) is 74.2 cm³/mol. The van der Waals surface area contributed by atoms with Crippen LogP contribution in [-0.4, -0.2) is 29.3 Å². The Kier molecular flexibility index (Phi) is 4.47. The van der Waals surface area contributed by atoms with Crippen molar-refractivity contribution in [1.29, 1.82) is 0 Å². The number of rotatable bonds is 5. The number of Topliss-reactive ketones (excluding diaryl/α,β-unsaturated/α-hetero) is 1. The van der Waals surface area contributed by atoms with Crippen LogP contribution >= 0.6 is 22.9 Å². The van der Waals surface area contributed by atoms with Gasteiger partial charge in [-0.25, -0.2) is 0 Å². The molecule has 0 aliphatic heterocycles. The van der Waals surface area contributed by atoms with Crippen molar-refractivity contribution in [3.05, 3.63) is 51.4 Å². The van der Waals surface area contributed by atoms with Gasteiger partial charge in [0, 0.05) is 12.7 Å². The Bertz CT molecular complexity index is 527. The number of aromatic nitrogens is 1. The Hall–Kier alpha value is -1.23. The van der Waals surface area contributed by atoms with Gasteiger partial charge < -0.3 is 0 Å². The van der Waals surface area contributed by atoms with E-state index in [0.717, 1.165) is 5.69 Å². The number of nitrogens with zero attached hydrogens (tertiary/aromatic N) is 2. The lowest BCUT2D eigenvalue weighted by molar-refractivity contribution is 0.0946. The Balaban J connectivity index is 1.92. The summed E-state index contributed by atoms with van der Waals surface area (Å²) in [5, 5.41) is 0. The van der Waals surface area contributed by atoms with Crippen molar-refractivity contribution in [2.45, 2.75) is 6.54 Å². The van der Waals surface area contributed by atoms with Crippen molar-refractivity contribution >= 4 is 28.7 Å². The van der Waals surface area contributed by atoms with Gasteiger partial charge in [0.2, 0.25) is 0 Å². The third-order valence-corrected chi connectivity index (χ3v) is 3.69. The van der Waals surface area contributed by atoms with Crippen LogP contribution in [0.15, 0.2) is 36.5 Å². The highest BCUT2D eigenvalue weighted by atomic mass is 35.5. The second-order valence-electron chi connectivity index (χ2n) is 4.02. The zero-order chi connectivity index (χ0) is 13.0. The number of likely N-dealkylation sites (N-methyl/N-ethyl adjacent to an activating group) is 1. The molecular weight excluding hydrogens is 268 g/mol. The number of ketones is 1. The molecule has 0 unspecified atom stereocenters. The summed E-state index contributed by atoms with van der Waals surface area (Å²) >= 11 is 7.13. The Morgan fingerprint density at radius 2 is 2.22 bits per heavy atom. The van der Waals surface area contributed by atoms with Crippen molar-refractivity contribution in [3.8, 4) is 0 Å². The number of halogens is 1. The van der Waals surface area contributed by atoms with Crippen LogP contribution in [0, 0.1) is 0 Å². The van der Waals surface area contributed by atoms with Crippen molar-refractivity contribution in [3.63, 3.8) is 0 Å². The van der Waals surface area contributed by atoms with E-state index in [1.54, 1.807) is 18.3 Å². The van der Waals surface area contributed by atoms with E-state index in [1.165, 1.54) is 11.3 Å². The van der Waals surface area contributed by atoms with Crippen molar-refractivity contribution in [2.75, 3.05) is 13.6 Å². The average molecular weight is 281 g/mol. The summed E-state index contributed by atoms with van der Waals surface area (Å²) < 4.78 is 0.644. The van der Waals surface area contributed by atoms with Gasteiger partial charge in [0.05, 0.1) is 21.5 Å². The normalized spacial score (nSPS) is 10.8. The Morgan fingerprint density at radius 1 is 1.39 bits per heavy atom. The maximum Gasteiger partial charge on any atom is 0.186 e. The lowest BCUT2D eigenvalue weighted by Gasteiger charge is -2.14. The van der Waals surface area contributed by atoms with Gasteiger partial charge in [0.25, 0.3) is 0 Å². The minimum absolute atomic E-state index is 0.0883. The third-order valence-electron chi connectivity index (χ3n) is 2.42. The van der Waals surface area contributed by atoms with Gasteiger partial charge in [0.15, 0.2) is 5.78 Å². The maximum atomic E-state index is 11.9. The van der Waals surface area contributed by atoms with Crippen molar-refractivity contribution in [1.82, 2.24) is 9.88 Å². The first kappa shape index (κ1) is 13.2. The van der Waals surface area contributed by atoms with E-state index in [4.69, 9.17) is 11.6 Å². The van der Waals surface area contributed by atoms with Gasteiger partial charge in [-0.3, -0.25) is 14.7 Å². The van der Waals surface area contributed by atoms with Crippen LogP contribution in [0.4, 0.5) is 0 Å². The maximum absolute atomic E-state index is 11.9. The molecule has 3 nitrogen and oxygen atoms in total. The molecule has 2 aromatic heterocycles. The third kappa shape index (κ3) is 3.63. The smallest absolute Gasteiger partial charge is 0.186 e. The van der Waals surface area contributed by atoms with Crippen LogP contribution in [-0.2, 0) is 6.54 Å². The molecule has 18 heavy (non-hydrogen) atoms. The SMILES string of the molecule is CN(CC(=O)c1ccc(Cl)s1)Cc1ccccn1. The van der Waals surface area contributed by atoms with Crippen LogP contribution in [0.1, 0.15) is 15.4 Å². The predicted octanol–water partition coefficient (Wildman–Crippen LogP) is 3.11. The first-order valence-corrected chi connectivity index (χ1v) is 6.71. The fourth-order valence-corrected chi connectivity index (χ4v) is 2.58. The second kappa shape index (κ2) is 6.09. The molecule has 0 spiro atoms. The molecule has 0 fully saturated rings. The van der Waals surface area contributed by atoms with E-state index in [1.807, 2.05) is 30.1 Å². The number of hydrogen-bond donors (Lipinski definition) is 0. The summed E-state index contributed by atoms with van der Waals surface area (Å²) in [7, 11) is 1.90. The monoisotopic (exact) mass is 280 g/mol. The molecule has 0 bridgehead atoms. The van der Waals surface area contributed by atoms with E-state index in [-0.39, 0.29) is 5.78 Å². The molecule has 0 N–H and O–H groups in total. The van der Waals surface area contributed by atoms with E-state index < -0.39 is 0 Å². The number of carbonyl (C=O) groups is 1. The van der Waals surface area contributed by atoms with Gasteiger partial charge >= 0.3 is 0 Å². The molecule has 2 aromatic rings. The highest BCUT2D eigenvalue weighted by Crippen LogP contribution is 2.21. The summed E-state index contributed by atoms with van der Waals surface area (Å²) in [6, 6.07) is 9.28. The minimum atomic E-state index is 0.0883. The summed E-state index contributed by atoms with van der Waals surface area (Å²) in [6.07, 6.45) is 1.75. The van der Waals surface area contributed by atoms with Crippen molar-refractivity contribution < 1.29 is 4.79 Å². The zero-order valence-corrected chi connectivity index (χ0v) is 11.5.